The molecule has 1 aromatic heterocycles. The summed E-state index contributed by atoms with van der Waals surface area (Å²) in [7, 11) is 0. The van der Waals surface area contributed by atoms with Gasteiger partial charge in [0.05, 0.1) is 0 Å². The number of nitrogens with zero attached hydrogens (tertiary/aromatic N) is 3. The zero-order chi connectivity index (χ0) is 29.0. The minimum atomic E-state index is -0.163. The van der Waals surface area contributed by atoms with Crippen LogP contribution in [0.15, 0.2) is 140 Å². The average Bonchev–Trinajstić information content (AvgIpc) is 3.32. The van der Waals surface area contributed by atoms with Crippen molar-refractivity contribution in [2.45, 2.75) is 19.3 Å². The summed E-state index contributed by atoms with van der Waals surface area (Å²) in [5.74, 6) is 2.01. The first-order valence-corrected chi connectivity index (χ1v) is 14.7. The maximum Gasteiger partial charge on any atom is 0.164 e. The number of hydrogen-bond acceptors (Lipinski definition) is 3. The smallest absolute Gasteiger partial charge is 0.164 e. The maximum absolute atomic E-state index is 5.22. The monoisotopic (exact) mass is 551 g/mol. The van der Waals surface area contributed by atoms with Gasteiger partial charge in [-0.15, -0.1) is 0 Å². The van der Waals surface area contributed by atoms with E-state index in [0.717, 1.165) is 27.8 Å². The lowest BCUT2D eigenvalue weighted by Gasteiger charge is -2.23. The van der Waals surface area contributed by atoms with Gasteiger partial charge in [0, 0.05) is 22.1 Å². The largest absolute Gasteiger partial charge is 0.208 e. The van der Waals surface area contributed by atoms with Gasteiger partial charge in [0.1, 0.15) is 0 Å². The van der Waals surface area contributed by atoms with E-state index in [1.54, 1.807) is 0 Å². The molecule has 0 spiro atoms. The minimum Gasteiger partial charge on any atom is -0.208 e. The second-order valence-corrected chi connectivity index (χ2v) is 11.7. The van der Waals surface area contributed by atoms with E-state index >= 15 is 0 Å². The number of fused-ring (bicyclic) bond motifs is 5. The molecular weight excluding hydrogens is 522 g/mol. The molecule has 0 saturated carbocycles. The van der Waals surface area contributed by atoms with Crippen molar-refractivity contribution in [2.75, 3.05) is 0 Å². The van der Waals surface area contributed by atoms with Gasteiger partial charge in [0.25, 0.3) is 0 Å². The van der Waals surface area contributed by atoms with E-state index in [0.29, 0.717) is 17.5 Å². The van der Waals surface area contributed by atoms with Crippen LogP contribution in [0, 0.1) is 0 Å². The van der Waals surface area contributed by atoms with Crippen LogP contribution < -0.4 is 0 Å². The Labute approximate surface area is 251 Å². The highest BCUT2D eigenvalue weighted by molar-refractivity contribution is 6.04. The van der Waals surface area contributed by atoms with Crippen molar-refractivity contribution < 1.29 is 0 Å². The molecule has 0 bridgehead atoms. The van der Waals surface area contributed by atoms with Gasteiger partial charge < -0.3 is 0 Å². The normalized spacial score (nSPS) is 13.1. The van der Waals surface area contributed by atoms with Crippen molar-refractivity contribution >= 4 is 10.8 Å². The second-order valence-electron chi connectivity index (χ2n) is 11.7. The third kappa shape index (κ3) is 4.16. The fraction of sp³-hybridized carbons (Fsp3) is 0.0750. The van der Waals surface area contributed by atoms with Gasteiger partial charge in [-0.1, -0.05) is 141 Å². The van der Waals surface area contributed by atoms with Gasteiger partial charge in [0.2, 0.25) is 0 Å². The third-order valence-corrected chi connectivity index (χ3v) is 8.68. The Bertz CT molecular complexity index is 2150. The highest BCUT2D eigenvalue weighted by Gasteiger charge is 2.39. The first-order chi connectivity index (χ1) is 21.1. The lowest BCUT2D eigenvalue weighted by Crippen LogP contribution is -2.15. The van der Waals surface area contributed by atoms with E-state index < -0.39 is 0 Å². The van der Waals surface area contributed by atoms with Crippen molar-refractivity contribution in [3.63, 3.8) is 0 Å². The van der Waals surface area contributed by atoms with Gasteiger partial charge >= 0.3 is 0 Å². The molecule has 0 atom stereocenters. The van der Waals surface area contributed by atoms with E-state index in [-0.39, 0.29) is 5.41 Å². The first-order valence-electron chi connectivity index (χ1n) is 14.7. The molecule has 6 aromatic carbocycles. The molecule has 1 heterocycles. The topological polar surface area (TPSA) is 38.7 Å². The quantitative estimate of drug-likeness (QED) is 0.218. The Hall–Kier alpha value is -5.41. The predicted molar refractivity (Wildman–Crippen MR) is 177 cm³/mol. The summed E-state index contributed by atoms with van der Waals surface area (Å²) >= 11 is 0. The highest BCUT2D eigenvalue weighted by Crippen LogP contribution is 2.54. The fourth-order valence-corrected chi connectivity index (χ4v) is 6.64. The van der Waals surface area contributed by atoms with Crippen molar-refractivity contribution in [1.29, 1.82) is 0 Å². The van der Waals surface area contributed by atoms with E-state index in [2.05, 4.69) is 129 Å². The molecule has 1 aliphatic rings. The van der Waals surface area contributed by atoms with Crippen molar-refractivity contribution in [1.82, 2.24) is 15.0 Å². The van der Waals surface area contributed by atoms with Gasteiger partial charge in [0.15, 0.2) is 17.5 Å². The summed E-state index contributed by atoms with van der Waals surface area (Å²) in [4.78, 5) is 15.4. The van der Waals surface area contributed by atoms with Crippen LogP contribution in [-0.4, -0.2) is 15.0 Å². The second kappa shape index (κ2) is 9.85. The number of benzene rings is 6. The van der Waals surface area contributed by atoms with Gasteiger partial charge in [-0.2, -0.15) is 0 Å². The number of hydrogen-bond donors (Lipinski definition) is 0. The average molecular weight is 552 g/mol. The standard InChI is InChI=1S/C40H29N3/c1-40(2)34-23-12-11-22-32(34)35-33(25-29-18-9-10-21-31(29)36(35)40)39-42-37(27-16-7-4-8-17-27)41-38(43-39)30-20-13-19-28(24-30)26-14-5-3-6-15-26/h3-25H,1-2H3. The molecule has 3 nitrogen and oxygen atoms in total. The van der Waals surface area contributed by atoms with Crippen molar-refractivity contribution in [3.05, 3.63) is 151 Å². The molecular formula is C40H29N3. The molecule has 0 saturated heterocycles. The van der Waals surface area contributed by atoms with E-state index in [4.69, 9.17) is 15.0 Å². The Morgan fingerprint density at radius 2 is 1.02 bits per heavy atom. The van der Waals surface area contributed by atoms with E-state index in [1.807, 2.05) is 24.3 Å². The molecule has 0 unspecified atom stereocenters. The Balaban J connectivity index is 1.42. The van der Waals surface area contributed by atoms with Crippen LogP contribution in [0.4, 0.5) is 0 Å². The molecule has 0 amide bonds. The summed E-state index contributed by atoms with van der Waals surface area (Å²) in [5, 5.41) is 2.46. The summed E-state index contributed by atoms with van der Waals surface area (Å²) in [6.07, 6.45) is 0. The van der Waals surface area contributed by atoms with Gasteiger partial charge in [-0.05, 0) is 56.3 Å². The van der Waals surface area contributed by atoms with Crippen LogP contribution in [0.2, 0.25) is 0 Å². The predicted octanol–water partition coefficient (Wildman–Crippen LogP) is 10.00. The summed E-state index contributed by atoms with van der Waals surface area (Å²) < 4.78 is 0. The molecule has 0 radical (unpaired) electrons. The molecule has 43 heavy (non-hydrogen) atoms. The minimum absolute atomic E-state index is 0.163. The highest BCUT2D eigenvalue weighted by atomic mass is 15.0. The molecule has 3 heteroatoms. The van der Waals surface area contributed by atoms with Crippen LogP contribution in [-0.2, 0) is 5.41 Å². The molecule has 0 N–H and O–H groups in total. The Morgan fingerprint density at radius 3 is 1.81 bits per heavy atom. The van der Waals surface area contributed by atoms with Crippen LogP contribution in [0.25, 0.3) is 67.2 Å². The van der Waals surface area contributed by atoms with E-state index in [1.165, 1.54) is 33.0 Å². The molecule has 204 valence electrons. The molecule has 0 aliphatic heterocycles. The summed E-state index contributed by atoms with van der Waals surface area (Å²) in [6.45, 7) is 4.66. The third-order valence-electron chi connectivity index (χ3n) is 8.68. The van der Waals surface area contributed by atoms with Crippen LogP contribution in [0.1, 0.15) is 25.0 Å². The number of aromatic nitrogens is 3. The lowest BCUT2D eigenvalue weighted by molar-refractivity contribution is 0.666. The van der Waals surface area contributed by atoms with Crippen molar-refractivity contribution in [3.8, 4) is 56.4 Å². The molecule has 1 aliphatic carbocycles. The first kappa shape index (κ1) is 25.3. The SMILES string of the molecule is CC1(C)c2ccccc2-c2c(-c3nc(-c4ccccc4)nc(-c4cccc(-c5ccccc5)c4)n3)cc3ccccc3c21. The maximum atomic E-state index is 5.22. The fourth-order valence-electron chi connectivity index (χ4n) is 6.64. The Kier molecular flexibility index (Phi) is 5.80. The lowest BCUT2D eigenvalue weighted by atomic mass is 9.79. The molecule has 0 fully saturated rings. The summed E-state index contributed by atoms with van der Waals surface area (Å²) in [5.41, 5.74) is 10.2. The van der Waals surface area contributed by atoms with Gasteiger partial charge in [-0.3, -0.25) is 0 Å². The van der Waals surface area contributed by atoms with E-state index in [9.17, 15) is 0 Å². The van der Waals surface area contributed by atoms with Gasteiger partial charge in [-0.25, -0.2) is 15.0 Å². The summed E-state index contributed by atoms with van der Waals surface area (Å²) in [6, 6.07) is 48.8. The Morgan fingerprint density at radius 1 is 0.442 bits per heavy atom. The van der Waals surface area contributed by atoms with Crippen LogP contribution >= 0.6 is 0 Å². The molecule has 8 rings (SSSR count). The van der Waals surface area contributed by atoms with Crippen LogP contribution in [0.3, 0.4) is 0 Å². The number of rotatable bonds is 4. The van der Waals surface area contributed by atoms with Crippen molar-refractivity contribution in [2.24, 2.45) is 0 Å². The molecule has 7 aromatic rings. The zero-order valence-electron chi connectivity index (χ0n) is 24.1. The zero-order valence-corrected chi connectivity index (χ0v) is 24.1. The van der Waals surface area contributed by atoms with Crippen LogP contribution in [0.5, 0.6) is 0 Å².